The van der Waals surface area contributed by atoms with Crippen LogP contribution in [-0.4, -0.2) is 46.3 Å². The molecule has 0 aromatic carbocycles. The number of rotatable bonds is 5. The number of ether oxygens (including phenoxy) is 1. The maximum Gasteiger partial charge on any atom is 1.00 e. The van der Waals surface area contributed by atoms with Crippen molar-refractivity contribution in [1.82, 2.24) is 10.4 Å². The topological polar surface area (TPSA) is 108 Å². The number of hydrogen-bond acceptors (Lipinski definition) is 7. The summed E-state index contributed by atoms with van der Waals surface area (Å²) in [6.45, 7) is -0.143. The number of esters is 1. The van der Waals surface area contributed by atoms with E-state index >= 15 is 0 Å². The van der Waals surface area contributed by atoms with E-state index in [1.165, 1.54) is 5.54 Å². The normalized spacial score (nSPS) is 27.0. The molecule has 2 fully saturated rings. The Morgan fingerprint density at radius 3 is 2.78 bits per heavy atom. The molecule has 23 heavy (non-hydrogen) atoms. The summed E-state index contributed by atoms with van der Waals surface area (Å²) in [6, 6.07) is -0.869. The number of nitrogens with one attached hydrogen (secondary N) is 1. The van der Waals surface area contributed by atoms with Crippen LogP contribution in [0.15, 0.2) is 11.6 Å². The fourth-order valence-electron chi connectivity index (χ4n) is 2.15. The minimum atomic E-state index is -2.22. The van der Waals surface area contributed by atoms with Crippen molar-refractivity contribution in [3.8, 4) is 0 Å². The van der Waals surface area contributed by atoms with Gasteiger partial charge in [0, 0.05) is 18.4 Å². The van der Waals surface area contributed by atoms with Crippen molar-refractivity contribution in [2.75, 3.05) is 6.61 Å². The van der Waals surface area contributed by atoms with Crippen molar-refractivity contribution < 1.29 is 58.6 Å². The Morgan fingerprint density at radius 2 is 2.26 bits per heavy atom. The molecule has 2 atom stereocenters. The molecule has 1 N–H and O–H groups in total. The predicted octanol–water partition coefficient (Wildman–Crippen LogP) is -4.02. The summed E-state index contributed by atoms with van der Waals surface area (Å²) in [7, 11) is 0. The largest absolute Gasteiger partial charge is 1.00 e. The molecule has 0 aromatic rings. The number of carboxylic acids is 1. The molecule has 0 radical (unpaired) electrons. The zero-order chi connectivity index (χ0) is 16.3. The van der Waals surface area contributed by atoms with Crippen LogP contribution in [0.4, 0.5) is 0 Å². The number of halogens is 1. The van der Waals surface area contributed by atoms with Crippen LogP contribution in [0.3, 0.4) is 0 Å². The number of hydroxylamine groups is 2. The quantitative estimate of drug-likeness (QED) is 0.296. The minimum absolute atomic E-state index is 0. The van der Waals surface area contributed by atoms with Gasteiger partial charge in [0.15, 0.2) is 0 Å². The van der Waals surface area contributed by atoms with Crippen molar-refractivity contribution in [3.63, 3.8) is 0 Å². The molecule has 2 heterocycles. The van der Waals surface area contributed by atoms with Crippen LogP contribution in [0.25, 0.3) is 0 Å². The Bertz CT molecular complexity index is 560. The zero-order valence-electron chi connectivity index (χ0n) is 12.2. The van der Waals surface area contributed by atoms with Crippen LogP contribution in [0.2, 0.25) is 0 Å². The second-order valence-electron chi connectivity index (χ2n) is 4.66. The first-order chi connectivity index (χ1) is 10.4. The van der Waals surface area contributed by atoms with Gasteiger partial charge in [0.05, 0.1) is 11.4 Å². The SMILES string of the molecule is O=C1CCC(C(=O)[O-])(N2OC[C@H](NC(=S)CC=CCl)C2=O)O1.[Na+]. The number of carbonyl (C=O) groups excluding carboxylic acids is 3. The van der Waals surface area contributed by atoms with E-state index in [-0.39, 0.29) is 49.0 Å². The number of nitrogens with zero attached hydrogens (tertiary/aromatic N) is 1. The molecule has 2 rings (SSSR count). The second-order valence-corrected chi connectivity index (χ2v) is 5.40. The molecule has 0 saturated carbocycles. The Balaban J connectivity index is 0.00000264. The zero-order valence-corrected chi connectivity index (χ0v) is 15.8. The first kappa shape index (κ1) is 20.3. The van der Waals surface area contributed by atoms with Gasteiger partial charge < -0.3 is 20.0 Å². The molecule has 2 aliphatic heterocycles. The molecule has 0 bridgehead atoms. The number of carbonyl (C=O) groups is 3. The fraction of sp³-hybridized carbons (Fsp3) is 0.500. The van der Waals surface area contributed by atoms with E-state index in [2.05, 4.69) is 5.32 Å². The molecule has 0 aliphatic carbocycles. The van der Waals surface area contributed by atoms with E-state index in [9.17, 15) is 19.5 Å². The maximum absolute atomic E-state index is 12.3. The van der Waals surface area contributed by atoms with Crippen molar-refractivity contribution in [3.05, 3.63) is 11.6 Å². The average molecular weight is 371 g/mol. The number of aliphatic carboxylic acids is 1. The van der Waals surface area contributed by atoms with Crippen LogP contribution >= 0.6 is 23.8 Å². The van der Waals surface area contributed by atoms with Gasteiger partial charge in [0.1, 0.15) is 18.6 Å². The number of hydrogen-bond donors (Lipinski definition) is 1. The third-order valence-electron chi connectivity index (χ3n) is 3.19. The van der Waals surface area contributed by atoms with Gasteiger partial charge in [0.25, 0.3) is 11.6 Å². The van der Waals surface area contributed by atoms with Crippen molar-refractivity contribution in [2.24, 2.45) is 0 Å². The van der Waals surface area contributed by atoms with E-state index < -0.39 is 29.6 Å². The van der Waals surface area contributed by atoms with Gasteiger partial charge in [-0.1, -0.05) is 29.9 Å². The molecule has 0 spiro atoms. The third-order valence-corrected chi connectivity index (χ3v) is 3.66. The number of carboxylic acid groups (broad SMARTS) is 1. The smallest absolute Gasteiger partial charge is 0.544 e. The predicted molar refractivity (Wildman–Crippen MR) is 75.0 cm³/mol. The maximum atomic E-state index is 12.3. The molecule has 2 saturated heterocycles. The van der Waals surface area contributed by atoms with Crippen LogP contribution in [0.1, 0.15) is 19.3 Å². The van der Waals surface area contributed by atoms with Crippen molar-refractivity contribution in [1.29, 1.82) is 0 Å². The summed E-state index contributed by atoms with van der Waals surface area (Å²) in [5.74, 6) is -3.14. The van der Waals surface area contributed by atoms with Gasteiger partial charge in [-0.05, 0) is 0 Å². The minimum Gasteiger partial charge on any atom is -0.544 e. The van der Waals surface area contributed by atoms with Crippen LogP contribution < -0.4 is 40.0 Å². The summed E-state index contributed by atoms with van der Waals surface area (Å²) in [4.78, 5) is 40.3. The molecule has 1 unspecified atom stereocenters. The first-order valence-corrected chi connectivity index (χ1v) is 7.20. The van der Waals surface area contributed by atoms with E-state index in [1.54, 1.807) is 6.08 Å². The monoisotopic (exact) mass is 370 g/mol. The Hall–Kier alpha value is -0.710. The second kappa shape index (κ2) is 8.41. The summed E-state index contributed by atoms with van der Waals surface area (Å²) < 4.78 is 4.77. The van der Waals surface area contributed by atoms with E-state index in [0.29, 0.717) is 16.5 Å². The van der Waals surface area contributed by atoms with Crippen LogP contribution in [0, 0.1) is 0 Å². The molecule has 0 aromatic heterocycles. The summed E-state index contributed by atoms with van der Waals surface area (Å²) >= 11 is 10.4. The molecule has 2 aliphatic rings. The molecular weight excluding hydrogens is 359 g/mol. The Labute approximate surface area is 164 Å². The van der Waals surface area contributed by atoms with Crippen molar-refractivity contribution in [2.45, 2.75) is 31.0 Å². The van der Waals surface area contributed by atoms with Gasteiger partial charge in [-0.2, -0.15) is 5.06 Å². The molecular formula is C12H12ClN2NaO6S. The molecule has 8 nitrogen and oxygen atoms in total. The van der Waals surface area contributed by atoms with E-state index in [0.717, 1.165) is 0 Å². The third kappa shape index (κ3) is 4.23. The molecule has 1 amide bonds. The fourth-order valence-corrected chi connectivity index (χ4v) is 2.48. The Morgan fingerprint density at radius 1 is 1.57 bits per heavy atom. The first-order valence-electron chi connectivity index (χ1n) is 6.35. The number of amides is 1. The Kier molecular flexibility index (Phi) is 7.43. The summed E-state index contributed by atoms with van der Waals surface area (Å²) in [6.07, 6.45) is 1.53. The van der Waals surface area contributed by atoms with Gasteiger partial charge in [0.2, 0.25) is 0 Å². The average Bonchev–Trinajstić information content (AvgIpc) is 3.02. The van der Waals surface area contributed by atoms with Gasteiger partial charge in [-0.3, -0.25) is 14.4 Å². The van der Waals surface area contributed by atoms with E-state index in [4.69, 9.17) is 33.4 Å². The molecule has 120 valence electrons. The van der Waals surface area contributed by atoms with Gasteiger partial charge >= 0.3 is 35.5 Å². The summed E-state index contributed by atoms with van der Waals surface area (Å²) in [5.41, 5.74) is -0.932. The standard InChI is InChI=1S/C12H13ClN2O6S.Na/c13-5-1-2-8(22)14-7-6-20-15(10(7)17)12(11(18)19)4-3-9(16)21-12;/h1,5,7H,2-4,6H2,(H,14,22)(H,18,19);/q;+1/p-1/t7-,12?;/m0./s1. The van der Waals surface area contributed by atoms with Crippen molar-refractivity contribution >= 4 is 46.7 Å². The summed E-state index contributed by atoms with van der Waals surface area (Å²) in [5, 5.41) is 14.6. The van der Waals surface area contributed by atoms with Gasteiger partial charge in [-0.25, -0.2) is 0 Å². The van der Waals surface area contributed by atoms with Gasteiger partial charge in [-0.15, -0.1) is 0 Å². The number of thiocarbonyl (C=S) groups is 1. The number of cyclic esters (lactones) is 1. The van der Waals surface area contributed by atoms with E-state index in [1.807, 2.05) is 0 Å². The van der Waals surface area contributed by atoms with Crippen LogP contribution in [-0.2, 0) is 24.0 Å². The molecule has 11 heteroatoms. The van der Waals surface area contributed by atoms with Crippen LogP contribution in [0.5, 0.6) is 0 Å².